The van der Waals surface area contributed by atoms with Crippen LogP contribution in [0.1, 0.15) is 23.0 Å². The fourth-order valence-corrected chi connectivity index (χ4v) is 0.913. The number of hydrogen-bond acceptors (Lipinski definition) is 3. The minimum atomic E-state index is -1.08. The molecule has 12 heavy (non-hydrogen) atoms. The van der Waals surface area contributed by atoms with Crippen molar-refractivity contribution in [2.75, 3.05) is 0 Å². The van der Waals surface area contributed by atoms with Crippen LogP contribution in [0, 0.1) is 0 Å². The van der Waals surface area contributed by atoms with E-state index in [4.69, 9.17) is 16.7 Å². The van der Waals surface area contributed by atoms with Crippen LogP contribution in [0.2, 0.25) is 5.15 Å². The van der Waals surface area contributed by atoms with Crippen molar-refractivity contribution in [1.29, 1.82) is 0 Å². The van der Waals surface area contributed by atoms with Gasteiger partial charge in [0.2, 0.25) is 0 Å². The van der Waals surface area contributed by atoms with E-state index >= 15 is 0 Å². The van der Waals surface area contributed by atoms with Gasteiger partial charge in [-0.15, -0.1) is 5.10 Å². The quantitative estimate of drug-likeness (QED) is 0.758. The molecular formula is C7H7ClN2O2. The van der Waals surface area contributed by atoms with Gasteiger partial charge in [0.15, 0.2) is 5.15 Å². The van der Waals surface area contributed by atoms with Gasteiger partial charge in [-0.3, -0.25) is 0 Å². The second-order valence-corrected chi connectivity index (χ2v) is 2.56. The van der Waals surface area contributed by atoms with Gasteiger partial charge in [0.25, 0.3) is 0 Å². The van der Waals surface area contributed by atoms with Crippen molar-refractivity contribution in [3.63, 3.8) is 0 Å². The lowest BCUT2D eigenvalue weighted by molar-refractivity contribution is 0.0696. The zero-order chi connectivity index (χ0) is 9.14. The van der Waals surface area contributed by atoms with Gasteiger partial charge >= 0.3 is 5.97 Å². The predicted octanol–water partition coefficient (Wildman–Crippen LogP) is 1.39. The monoisotopic (exact) mass is 186 g/mol. The molecule has 0 saturated carbocycles. The van der Waals surface area contributed by atoms with Gasteiger partial charge in [0, 0.05) is 0 Å². The average Bonchev–Trinajstić information content (AvgIpc) is 2.05. The summed E-state index contributed by atoms with van der Waals surface area (Å²) in [5.74, 6) is -1.08. The normalized spacial score (nSPS) is 9.83. The molecule has 0 unspecified atom stereocenters. The van der Waals surface area contributed by atoms with Gasteiger partial charge in [-0.05, 0) is 12.5 Å². The minimum Gasteiger partial charge on any atom is -0.478 e. The lowest BCUT2D eigenvalue weighted by Crippen LogP contribution is -2.02. The molecule has 0 fully saturated rings. The maximum absolute atomic E-state index is 10.5. The highest BCUT2D eigenvalue weighted by Crippen LogP contribution is 2.12. The topological polar surface area (TPSA) is 63.1 Å². The third kappa shape index (κ3) is 1.71. The first kappa shape index (κ1) is 8.93. The van der Waals surface area contributed by atoms with Crippen LogP contribution < -0.4 is 0 Å². The molecule has 0 spiro atoms. The molecule has 1 N–H and O–H groups in total. The molecule has 0 aliphatic heterocycles. The summed E-state index contributed by atoms with van der Waals surface area (Å²) in [4.78, 5) is 10.5. The standard InChI is InChI=1S/C7H7ClN2O2/c1-2-4-3-5(7(11)12)6(8)10-9-4/h3H,2H2,1H3,(H,11,12). The van der Waals surface area contributed by atoms with E-state index < -0.39 is 5.97 Å². The molecule has 0 aromatic carbocycles. The Labute approximate surface area is 74.2 Å². The molecule has 5 heteroatoms. The van der Waals surface area contributed by atoms with E-state index in [1.54, 1.807) is 0 Å². The number of halogens is 1. The summed E-state index contributed by atoms with van der Waals surface area (Å²) in [6, 6.07) is 1.43. The van der Waals surface area contributed by atoms with Crippen LogP contribution in [-0.4, -0.2) is 21.3 Å². The highest BCUT2D eigenvalue weighted by molar-refractivity contribution is 6.32. The van der Waals surface area contributed by atoms with Crippen molar-refractivity contribution in [3.8, 4) is 0 Å². The Morgan fingerprint density at radius 1 is 1.67 bits per heavy atom. The first-order chi connectivity index (χ1) is 5.65. The van der Waals surface area contributed by atoms with Crippen molar-refractivity contribution >= 4 is 17.6 Å². The van der Waals surface area contributed by atoms with Crippen LogP contribution in [-0.2, 0) is 6.42 Å². The molecule has 0 saturated heterocycles. The number of aromatic nitrogens is 2. The van der Waals surface area contributed by atoms with E-state index in [1.807, 2.05) is 6.92 Å². The number of carbonyl (C=O) groups is 1. The smallest absolute Gasteiger partial charge is 0.338 e. The molecule has 0 aliphatic carbocycles. The van der Waals surface area contributed by atoms with Crippen LogP contribution in [0.4, 0.5) is 0 Å². The predicted molar refractivity (Wildman–Crippen MR) is 43.4 cm³/mol. The molecule has 0 aliphatic rings. The third-order valence-electron chi connectivity index (χ3n) is 1.39. The Balaban J connectivity index is 3.17. The summed E-state index contributed by atoms with van der Waals surface area (Å²) in [6.45, 7) is 1.86. The van der Waals surface area contributed by atoms with Gasteiger partial charge in [0.1, 0.15) is 5.56 Å². The minimum absolute atomic E-state index is 0.00326. The van der Waals surface area contributed by atoms with Gasteiger partial charge in [-0.1, -0.05) is 18.5 Å². The molecule has 1 aromatic heterocycles. The fraction of sp³-hybridized carbons (Fsp3) is 0.286. The number of hydrogen-bond donors (Lipinski definition) is 1. The lowest BCUT2D eigenvalue weighted by Gasteiger charge is -1.98. The molecule has 0 amide bonds. The SMILES string of the molecule is CCc1cc(C(=O)O)c(Cl)nn1. The molecule has 1 heterocycles. The van der Waals surface area contributed by atoms with Crippen molar-refractivity contribution in [3.05, 3.63) is 22.5 Å². The van der Waals surface area contributed by atoms with Crippen molar-refractivity contribution in [1.82, 2.24) is 10.2 Å². The Bertz CT molecular complexity index is 314. The number of nitrogens with zero attached hydrogens (tertiary/aromatic N) is 2. The Kier molecular flexibility index (Phi) is 2.60. The summed E-state index contributed by atoms with van der Waals surface area (Å²) in [5.41, 5.74) is 0.625. The van der Waals surface area contributed by atoms with E-state index in [0.29, 0.717) is 12.1 Å². The van der Waals surface area contributed by atoms with Crippen LogP contribution in [0.15, 0.2) is 6.07 Å². The average molecular weight is 187 g/mol. The third-order valence-corrected chi connectivity index (χ3v) is 1.67. The van der Waals surface area contributed by atoms with E-state index in [0.717, 1.165) is 0 Å². The maximum Gasteiger partial charge on any atom is 0.338 e. The Morgan fingerprint density at radius 2 is 2.33 bits per heavy atom. The number of carboxylic acids is 1. The van der Waals surface area contributed by atoms with E-state index in [9.17, 15) is 4.79 Å². The molecule has 0 radical (unpaired) electrons. The molecule has 1 rings (SSSR count). The van der Waals surface area contributed by atoms with Gasteiger partial charge in [0.05, 0.1) is 5.69 Å². The van der Waals surface area contributed by atoms with Crippen molar-refractivity contribution in [2.45, 2.75) is 13.3 Å². The van der Waals surface area contributed by atoms with Gasteiger partial charge in [-0.25, -0.2) is 4.79 Å². The summed E-state index contributed by atoms with van der Waals surface area (Å²) >= 11 is 5.49. The summed E-state index contributed by atoms with van der Waals surface area (Å²) < 4.78 is 0. The Morgan fingerprint density at radius 3 is 2.83 bits per heavy atom. The summed E-state index contributed by atoms with van der Waals surface area (Å²) in [5, 5.41) is 15.8. The second kappa shape index (κ2) is 3.49. The zero-order valence-electron chi connectivity index (χ0n) is 6.41. The lowest BCUT2D eigenvalue weighted by atomic mass is 10.2. The van der Waals surface area contributed by atoms with Crippen molar-refractivity contribution < 1.29 is 9.90 Å². The van der Waals surface area contributed by atoms with Crippen LogP contribution in [0.25, 0.3) is 0 Å². The second-order valence-electron chi connectivity index (χ2n) is 2.20. The number of aromatic carboxylic acids is 1. The Hall–Kier alpha value is -1.16. The first-order valence-electron chi connectivity index (χ1n) is 3.40. The van der Waals surface area contributed by atoms with Crippen LogP contribution >= 0.6 is 11.6 Å². The molecule has 0 atom stereocenters. The zero-order valence-corrected chi connectivity index (χ0v) is 7.17. The molecule has 64 valence electrons. The highest BCUT2D eigenvalue weighted by Gasteiger charge is 2.10. The highest BCUT2D eigenvalue weighted by atomic mass is 35.5. The fourth-order valence-electron chi connectivity index (χ4n) is 0.740. The maximum atomic E-state index is 10.5. The van der Waals surface area contributed by atoms with E-state index in [-0.39, 0.29) is 10.7 Å². The van der Waals surface area contributed by atoms with Crippen LogP contribution in [0.5, 0.6) is 0 Å². The van der Waals surface area contributed by atoms with Crippen molar-refractivity contribution in [2.24, 2.45) is 0 Å². The largest absolute Gasteiger partial charge is 0.478 e. The molecule has 1 aromatic rings. The molecule has 0 bridgehead atoms. The number of aryl methyl sites for hydroxylation is 1. The molecule has 4 nitrogen and oxygen atoms in total. The number of carboxylic acid groups (broad SMARTS) is 1. The first-order valence-corrected chi connectivity index (χ1v) is 3.78. The van der Waals surface area contributed by atoms with Gasteiger partial charge < -0.3 is 5.11 Å². The van der Waals surface area contributed by atoms with Gasteiger partial charge in [-0.2, -0.15) is 5.10 Å². The molecular weight excluding hydrogens is 180 g/mol. The van der Waals surface area contributed by atoms with E-state index in [2.05, 4.69) is 10.2 Å². The summed E-state index contributed by atoms with van der Waals surface area (Å²) in [6.07, 6.45) is 0.643. The van der Waals surface area contributed by atoms with E-state index in [1.165, 1.54) is 6.07 Å². The summed E-state index contributed by atoms with van der Waals surface area (Å²) in [7, 11) is 0. The van der Waals surface area contributed by atoms with Crippen LogP contribution in [0.3, 0.4) is 0 Å². The number of rotatable bonds is 2.